The summed E-state index contributed by atoms with van der Waals surface area (Å²) in [5.41, 5.74) is 13.5. The first-order valence-corrected chi connectivity index (χ1v) is 15.9. The van der Waals surface area contributed by atoms with Crippen LogP contribution >= 0.6 is 0 Å². The van der Waals surface area contributed by atoms with Gasteiger partial charge in [0.1, 0.15) is 6.20 Å². The summed E-state index contributed by atoms with van der Waals surface area (Å²) in [4.78, 5) is 9.70. The van der Waals surface area contributed by atoms with Crippen LogP contribution < -0.4 is 4.57 Å². The maximum atomic E-state index is 4.94. The molecule has 0 saturated heterocycles. The van der Waals surface area contributed by atoms with Crippen molar-refractivity contribution >= 4 is 11.3 Å². The highest BCUT2D eigenvalue weighted by Crippen LogP contribution is 2.58. The van der Waals surface area contributed by atoms with Crippen molar-refractivity contribution in [3.63, 3.8) is 0 Å². The van der Waals surface area contributed by atoms with Crippen LogP contribution in [-0.2, 0) is 18.0 Å². The van der Waals surface area contributed by atoms with E-state index in [1.165, 1.54) is 50.1 Å². The zero-order valence-corrected chi connectivity index (χ0v) is 25.7. The zero-order valence-electron chi connectivity index (χ0n) is 25.7. The molecule has 0 unspecified atom stereocenters. The summed E-state index contributed by atoms with van der Waals surface area (Å²) in [7, 11) is 2.05. The van der Waals surface area contributed by atoms with Gasteiger partial charge in [0.2, 0.25) is 0 Å². The molecule has 1 N–H and O–H groups in total. The van der Waals surface area contributed by atoms with E-state index >= 15 is 0 Å². The van der Waals surface area contributed by atoms with E-state index in [1.807, 2.05) is 13.2 Å². The molecule has 2 aliphatic rings. The Morgan fingerprint density at radius 1 is 0.574 bits per heavy atom. The first-order valence-electron chi connectivity index (χ1n) is 15.9. The molecule has 3 heterocycles. The molecule has 47 heavy (non-hydrogen) atoms. The Morgan fingerprint density at radius 2 is 1.13 bits per heavy atom. The lowest BCUT2D eigenvalue weighted by Gasteiger charge is -2.35. The number of nitrogens with one attached hydrogen (secondary N) is 1. The van der Waals surface area contributed by atoms with E-state index in [9.17, 15) is 0 Å². The number of aromatic amines is 1. The highest BCUT2D eigenvalue weighted by Gasteiger charge is 2.52. The number of hydrogen-bond donors (Lipinski definition) is 1. The molecule has 0 bridgehead atoms. The fourth-order valence-corrected chi connectivity index (χ4v) is 8.63. The van der Waals surface area contributed by atoms with E-state index in [1.54, 1.807) is 12.4 Å². The molecule has 0 radical (unpaired) electrons. The van der Waals surface area contributed by atoms with E-state index in [0.717, 1.165) is 22.6 Å². The van der Waals surface area contributed by atoms with Crippen LogP contribution in [-0.4, -0.2) is 24.7 Å². The van der Waals surface area contributed by atoms with Crippen molar-refractivity contribution in [3.8, 4) is 22.3 Å². The molecule has 0 spiro atoms. The molecule has 0 saturated carbocycles. The van der Waals surface area contributed by atoms with Crippen molar-refractivity contribution in [2.24, 2.45) is 7.05 Å². The molecule has 0 amide bonds. The average molecular weight is 606 g/mol. The summed E-state index contributed by atoms with van der Waals surface area (Å²) in [6.07, 6.45) is 7.57. The molecular weight excluding hydrogens is 576 g/mol. The quantitative estimate of drug-likeness (QED) is 0.217. The summed E-state index contributed by atoms with van der Waals surface area (Å²) in [6.45, 7) is 0. The molecule has 222 valence electrons. The Morgan fingerprint density at radius 3 is 1.74 bits per heavy atom. The van der Waals surface area contributed by atoms with Gasteiger partial charge in [-0.25, -0.2) is 14.1 Å². The summed E-state index contributed by atoms with van der Waals surface area (Å²) >= 11 is 0. The maximum Gasteiger partial charge on any atom is 0.321 e. The highest BCUT2D eigenvalue weighted by molar-refractivity contribution is 5.87. The molecule has 0 atom stereocenters. The predicted octanol–water partition coefficient (Wildman–Crippen LogP) is 7.16. The highest BCUT2D eigenvalue weighted by atomic mass is 15.2. The van der Waals surface area contributed by atoms with Gasteiger partial charge in [-0.1, -0.05) is 115 Å². The molecule has 0 aliphatic heterocycles. The van der Waals surface area contributed by atoms with Gasteiger partial charge >= 0.3 is 5.65 Å². The Kier molecular flexibility index (Phi) is 5.24. The smallest absolute Gasteiger partial charge is 0.281 e. The summed E-state index contributed by atoms with van der Waals surface area (Å²) in [5, 5.41) is 7.91. The van der Waals surface area contributed by atoms with E-state index in [-0.39, 0.29) is 0 Å². The summed E-state index contributed by atoms with van der Waals surface area (Å²) in [5.74, 6) is 0. The monoisotopic (exact) mass is 605 g/mol. The van der Waals surface area contributed by atoms with E-state index < -0.39 is 11.0 Å². The van der Waals surface area contributed by atoms with Crippen LogP contribution in [0.2, 0.25) is 0 Å². The first-order chi connectivity index (χ1) is 23.2. The Balaban J connectivity index is 1.35. The number of imidazole rings is 1. The summed E-state index contributed by atoms with van der Waals surface area (Å²) in [6, 6.07) is 46.5. The van der Waals surface area contributed by atoms with Crippen LogP contribution in [0.1, 0.15) is 39.1 Å². The standard InChI is InChI=1S/C41H29N6/c1-46-26-47(39-38(46)42-23-24-43-39)41(35-19-8-4-15-31(35)32-16-5-9-20-36(32)41)28-12-10-11-27(25-28)40(37-21-22-44-45-37)33-17-6-2-13-29(33)30-14-3-7-18-34(30)40/h2-26H,1H3,(H,44,45)/q+1. The second-order valence-corrected chi connectivity index (χ2v) is 12.5. The lowest BCUT2D eigenvalue weighted by atomic mass is 9.68. The van der Waals surface area contributed by atoms with Gasteiger partial charge in [-0.05, 0) is 51.1 Å². The number of H-pyrrole nitrogens is 1. The van der Waals surface area contributed by atoms with Gasteiger partial charge in [-0.2, -0.15) is 5.10 Å². The maximum absolute atomic E-state index is 4.94. The molecule has 2 aliphatic carbocycles. The third kappa shape index (κ3) is 3.19. The third-order valence-corrected chi connectivity index (χ3v) is 10.4. The van der Waals surface area contributed by atoms with Gasteiger partial charge in [0, 0.05) is 22.9 Å². The molecule has 0 fully saturated rings. The lowest BCUT2D eigenvalue weighted by Crippen LogP contribution is -2.38. The van der Waals surface area contributed by atoms with Crippen molar-refractivity contribution in [3.05, 3.63) is 191 Å². The van der Waals surface area contributed by atoms with Crippen LogP contribution in [0.4, 0.5) is 0 Å². The molecule has 3 aromatic heterocycles. The molecule has 8 aromatic rings. The molecular formula is C41H29N6+. The third-order valence-electron chi connectivity index (χ3n) is 10.4. The van der Waals surface area contributed by atoms with Crippen LogP contribution in [0.3, 0.4) is 0 Å². The largest absolute Gasteiger partial charge is 0.321 e. The van der Waals surface area contributed by atoms with Crippen molar-refractivity contribution in [2.75, 3.05) is 0 Å². The lowest BCUT2D eigenvalue weighted by molar-refractivity contribution is -0.647. The molecule has 10 rings (SSSR count). The number of hydrogen-bond acceptors (Lipinski definition) is 3. The van der Waals surface area contributed by atoms with Gasteiger partial charge in [0.25, 0.3) is 5.65 Å². The minimum absolute atomic E-state index is 0.595. The van der Waals surface area contributed by atoms with E-state index in [0.29, 0.717) is 0 Å². The van der Waals surface area contributed by atoms with Crippen molar-refractivity contribution < 1.29 is 4.57 Å². The fraction of sp³-hybridized carbons (Fsp3) is 0.0732. The first kappa shape index (κ1) is 26.1. The second kappa shape index (κ2) is 9.44. The van der Waals surface area contributed by atoms with Crippen LogP contribution in [0.25, 0.3) is 33.5 Å². The van der Waals surface area contributed by atoms with Gasteiger partial charge in [-0.15, -0.1) is 4.98 Å². The van der Waals surface area contributed by atoms with Gasteiger partial charge in [0.15, 0.2) is 11.9 Å². The van der Waals surface area contributed by atoms with E-state index in [4.69, 9.17) is 9.97 Å². The number of nitrogens with zero attached hydrogens (tertiary/aromatic N) is 5. The van der Waals surface area contributed by atoms with Gasteiger partial charge in [-0.3, -0.25) is 5.10 Å². The zero-order chi connectivity index (χ0) is 31.2. The van der Waals surface area contributed by atoms with Crippen LogP contribution in [0, 0.1) is 0 Å². The van der Waals surface area contributed by atoms with Crippen molar-refractivity contribution in [1.29, 1.82) is 0 Å². The average Bonchev–Trinajstić information content (AvgIpc) is 3.91. The number of benzene rings is 5. The molecule has 5 aromatic carbocycles. The fourth-order valence-electron chi connectivity index (χ4n) is 8.63. The molecule has 6 heteroatoms. The predicted molar refractivity (Wildman–Crippen MR) is 182 cm³/mol. The van der Waals surface area contributed by atoms with Crippen LogP contribution in [0.15, 0.2) is 152 Å². The second-order valence-electron chi connectivity index (χ2n) is 12.5. The Bertz CT molecular complexity index is 2420. The normalized spacial score (nSPS) is 14.8. The molecule has 6 nitrogen and oxygen atoms in total. The Labute approximate surface area is 271 Å². The van der Waals surface area contributed by atoms with Crippen molar-refractivity contribution in [2.45, 2.75) is 11.0 Å². The van der Waals surface area contributed by atoms with Crippen molar-refractivity contribution in [1.82, 2.24) is 24.7 Å². The number of rotatable bonds is 4. The minimum atomic E-state index is -0.717. The number of aromatic nitrogens is 6. The van der Waals surface area contributed by atoms with Gasteiger partial charge in [0.05, 0.1) is 24.4 Å². The van der Waals surface area contributed by atoms with Gasteiger partial charge < -0.3 is 0 Å². The Hall–Kier alpha value is -6.14. The number of aryl methyl sites for hydroxylation is 1. The van der Waals surface area contributed by atoms with E-state index in [2.05, 4.69) is 153 Å². The topological polar surface area (TPSA) is 63.3 Å². The van der Waals surface area contributed by atoms with Crippen LogP contribution in [0.5, 0.6) is 0 Å². The summed E-state index contributed by atoms with van der Waals surface area (Å²) < 4.78 is 4.41. The SMILES string of the molecule is C[n+]1cn(C2(c3cccc(C4(c5ccn[nH]5)c5ccccc5-c5ccccc54)c3)c3ccccc3-c3ccccc32)c2nccnc21. The minimum Gasteiger partial charge on any atom is -0.281 e. The number of fused-ring (bicyclic) bond motifs is 7.